The van der Waals surface area contributed by atoms with Gasteiger partial charge in [0.1, 0.15) is 5.69 Å². The molecule has 0 atom stereocenters. The fraction of sp³-hybridized carbons (Fsp3) is 0.462. The van der Waals surface area contributed by atoms with Gasteiger partial charge in [0.2, 0.25) is 0 Å². The van der Waals surface area contributed by atoms with Crippen molar-refractivity contribution in [1.29, 1.82) is 0 Å². The molecule has 0 bridgehead atoms. The van der Waals surface area contributed by atoms with Crippen LogP contribution in [-0.4, -0.2) is 18.2 Å². The highest BCUT2D eigenvalue weighted by Gasteiger charge is 2.31. The van der Waals surface area contributed by atoms with Gasteiger partial charge in [0.05, 0.1) is 6.61 Å². The molecule has 0 aliphatic carbocycles. The zero-order valence-corrected chi connectivity index (χ0v) is 10.4. The maximum Gasteiger partial charge on any atom is 0.433 e. The highest BCUT2D eigenvalue weighted by molar-refractivity contribution is 5.62. The molecule has 0 unspecified atom stereocenters. The minimum atomic E-state index is -4.38. The predicted octanol–water partition coefficient (Wildman–Crippen LogP) is 3.93. The molecular formula is C13H16F3NO. The zero-order chi connectivity index (χ0) is 13.6. The van der Waals surface area contributed by atoms with Crippen LogP contribution in [0.25, 0.3) is 5.57 Å². The fourth-order valence-corrected chi connectivity index (χ4v) is 1.42. The number of aromatic nitrogens is 1. The zero-order valence-electron chi connectivity index (χ0n) is 10.4. The Balaban J connectivity index is 2.67. The molecule has 1 rings (SSSR count). The second kappa shape index (κ2) is 6.54. The summed E-state index contributed by atoms with van der Waals surface area (Å²) in [6.45, 7) is 5.03. The average molecular weight is 259 g/mol. The molecule has 18 heavy (non-hydrogen) atoms. The molecule has 0 N–H and O–H groups in total. The number of alkyl halides is 3. The molecule has 0 fully saturated rings. The summed E-state index contributed by atoms with van der Waals surface area (Å²) >= 11 is 0. The molecule has 0 aliphatic rings. The Bertz CT molecular complexity index is 396. The van der Waals surface area contributed by atoms with Crippen molar-refractivity contribution >= 4 is 5.57 Å². The maximum absolute atomic E-state index is 12.3. The molecule has 0 saturated heterocycles. The number of pyridine rings is 1. The van der Waals surface area contributed by atoms with E-state index >= 15 is 0 Å². The van der Waals surface area contributed by atoms with Gasteiger partial charge < -0.3 is 4.74 Å². The summed E-state index contributed by atoms with van der Waals surface area (Å²) in [7, 11) is 0. The molecule has 1 aromatic rings. The van der Waals surface area contributed by atoms with Crippen LogP contribution >= 0.6 is 0 Å². The first-order valence-corrected chi connectivity index (χ1v) is 5.73. The number of hydrogen-bond donors (Lipinski definition) is 0. The molecule has 0 amide bonds. The predicted molar refractivity (Wildman–Crippen MR) is 64.0 cm³/mol. The molecule has 1 aromatic heterocycles. The van der Waals surface area contributed by atoms with Crippen molar-refractivity contribution in [2.24, 2.45) is 0 Å². The summed E-state index contributed by atoms with van der Waals surface area (Å²) in [6.07, 6.45) is -0.471. The minimum Gasteiger partial charge on any atom is -0.381 e. The van der Waals surface area contributed by atoms with Gasteiger partial charge in [-0.3, -0.25) is 4.98 Å². The number of ether oxygens (including phenoxy) is 1. The van der Waals surface area contributed by atoms with E-state index in [2.05, 4.69) is 4.98 Å². The highest BCUT2D eigenvalue weighted by atomic mass is 19.4. The SMILES string of the molecule is CCOCC/C=C(\C)c1ccc(C(F)(F)F)nc1. The van der Waals surface area contributed by atoms with E-state index in [1.54, 1.807) is 0 Å². The molecule has 0 spiro atoms. The van der Waals surface area contributed by atoms with Gasteiger partial charge in [0.25, 0.3) is 0 Å². The lowest BCUT2D eigenvalue weighted by molar-refractivity contribution is -0.141. The van der Waals surface area contributed by atoms with Crippen LogP contribution < -0.4 is 0 Å². The molecular weight excluding hydrogens is 243 g/mol. The van der Waals surface area contributed by atoms with E-state index in [1.807, 2.05) is 19.9 Å². The molecule has 0 aliphatic heterocycles. The first-order chi connectivity index (χ1) is 8.45. The summed E-state index contributed by atoms with van der Waals surface area (Å²) in [5.74, 6) is 0. The van der Waals surface area contributed by atoms with Crippen LogP contribution in [0.5, 0.6) is 0 Å². The van der Waals surface area contributed by atoms with Crippen molar-refractivity contribution in [2.45, 2.75) is 26.4 Å². The van der Waals surface area contributed by atoms with Crippen LogP contribution in [0, 0.1) is 0 Å². The Morgan fingerprint density at radius 3 is 2.61 bits per heavy atom. The van der Waals surface area contributed by atoms with Crippen LogP contribution in [0.2, 0.25) is 0 Å². The third-order valence-corrected chi connectivity index (χ3v) is 2.43. The van der Waals surface area contributed by atoms with Gasteiger partial charge in [-0.05, 0) is 37.5 Å². The lowest BCUT2D eigenvalue weighted by atomic mass is 10.1. The first kappa shape index (κ1) is 14.7. The van der Waals surface area contributed by atoms with Gasteiger partial charge in [-0.2, -0.15) is 13.2 Å². The maximum atomic E-state index is 12.3. The van der Waals surface area contributed by atoms with Crippen LogP contribution in [0.1, 0.15) is 31.5 Å². The number of rotatable bonds is 5. The molecule has 0 saturated carbocycles. The van der Waals surface area contributed by atoms with E-state index in [0.717, 1.165) is 18.1 Å². The monoisotopic (exact) mass is 259 g/mol. The standard InChI is InChI=1S/C13H16F3NO/c1-3-18-8-4-5-10(2)11-6-7-12(17-9-11)13(14,15)16/h5-7,9H,3-4,8H2,1-2H3/b10-5+. The lowest BCUT2D eigenvalue weighted by Gasteiger charge is -2.07. The third-order valence-electron chi connectivity index (χ3n) is 2.43. The van der Waals surface area contributed by atoms with E-state index in [9.17, 15) is 13.2 Å². The topological polar surface area (TPSA) is 22.1 Å². The summed E-state index contributed by atoms with van der Waals surface area (Å²) in [5, 5.41) is 0. The van der Waals surface area contributed by atoms with Gasteiger partial charge in [-0.25, -0.2) is 0 Å². The largest absolute Gasteiger partial charge is 0.433 e. The van der Waals surface area contributed by atoms with E-state index < -0.39 is 11.9 Å². The van der Waals surface area contributed by atoms with Crippen molar-refractivity contribution in [1.82, 2.24) is 4.98 Å². The summed E-state index contributed by atoms with van der Waals surface area (Å²) in [5.41, 5.74) is 0.726. The van der Waals surface area contributed by atoms with Crippen LogP contribution in [0.4, 0.5) is 13.2 Å². The van der Waals surface area contributed by atoms with Crippen molar-refractivity contribution in [3.8, 4) is 0 Å². The van der Waals surface area contributed by atoms with Crippen molar-refractivity contribution in [3.05, 3.63) is 35.7 Å². The van der Waals surface area contributed by atoms with E-state index in [-0.39, 0.29) is 0 Å². The number of hydrogen-bond acceptors (Lipinski definition) is 2. The number of halogens is 3. The fourth-order valence-electron chi connectivity index (χ4n) is 1.42. The summed E-state index contributed by atoms with van der Waals surface area (Å²) in [4.78, 5) is 3.42. The second-order valence-corrected chi connectivity index (χ2v) is 3.80. The molecule has 2 nitrogen and oxygen atoms in total. The smallest absolute Gasteiger partial charge is 0.381 e. The van der Waals surface area contributed by atoms with Gasteiger partial charge in [0.15, 0.2) is 0 Å². The normalized spacial score (nSPS) is 12.8. The van der Waals surface area contributed by atoms with Crippen molar-refractivity contribution in [2.75, 3.05) is 13.2 Å². The van der Waals surface area contributed by atoms with Crippen LogP contribution in [0.3, 0.4) is 0 Å². The van der Waals surface area contributed by atoms with Crippen molar-refractivity contribution < 1.29 is 17.9 Å². The minimum absolute atomic E-state index is 0.613. The summed E-state index contributed by atoms with van der Waals surface area (Å²) in [6, 6.07) is 2.43. The van der Waals surface area contributed by atoms with E-state index in [0.29, 0.717) is 18.8 Å². The number of allylic oxidation sites excluding steroid dienone is 1. The molecule has 0 aromatic carbocycles. The Labute approximate surface area is 104 Å². The van der Waals surface area contributed by atoms with E-state index in [4.69, 9.17) is 4.74 Å². The van der Waals surface area contributed by atoms with E-state index in [1.165, 1.54) is 12.3 Å². The van der Waals surface area contributed by atoms with Gasteiger partial charge in [-0.1, -0.05) is 12.1 Å². The Hall–Kier alpha value is -1.36. The molecule has 1 heterocycles. The van der Waals surface area contributed by atoms with Crippen molar-refractivity contribution in [3.63, 3.8) is 0 Å². The van der Waals surface area contributed by atoms with Gasteiger partial charge in [0, 0.05) is 12.8 Å². The Morgan fingerprint density at radius 2 is 2.11 bits per heavy atom. The second-order valence-electron chi connectivity index (χ2n) is 3.80. The Kier molecular flexibility index (Phi) is 5.34. The number of nitrogens with zero attached hydrogens (tertiary/aromatic N) is 1. The summed E-state index contributed by atoms with van der Waals surface area (Å²) < 4.78 is 42.1. The molecule has 100 valence electrons. The van der Waals surface area contributed by atoms with Crippen LogP contribution in [-0.2, 0) is 10.9 Å². The average Bonchev–Trinajstić information content (AvgIpc) is 2.33. The third kappa shape index (κ3) is 4.49. The molecule has 5 heteroatoms. The lowest BCUT2D eigenvalue weighted by Crippen LogP contribution is -2.07. The van der Waals surface area contributed by atoms with Gasteiger partial charge >= 0.3 is 6.18 Å². The Morgan fingerprint density at radius 1 is 1.39 bits per heavy atom. The first-order valence-electron chi connectivity index (χ1n) is 5.73. The van der Waals surface area contributed by atoms with Gasteiger partial charge in [-0.15, -0.1) is 0 Å². The highest BCUT2D eigenvalue weighted by Crippen LogP contribution is 2.28. The van der Waals surface area contributed by atoms with Crippen LogP contribution in [0.15, 0.2) is 24.4 Å². The quantitative estimate of drug-likeness (QED) is 0.747. The molecule has 0 radical (unpaired) electrons.